The molecule has 1 aliphatic rings. The number of carboxylic acid groups (broad SMARTS) is 1. The lowest BCUT2D eigenvalue weighted by Crippen LogP contribution is -2.19. The van der Waals surface area contributed by atoms with E-state index in [-0.39, 0.29) is 11.5 Å². The molecule has 0 amide bonds. The number of hydrogen-bond donors (Lipinski definition) is 1. The third kappa shape index (κ3) is 1.51. The second kappa shape index (κ2) is 2.92. The lowest BCUT2D eigenvalue weighted by Gasteiger charge is -1.99. The Bertz CT molecular complexity index is 233. The first-order chi connectivity index (χ1) is 5.15. The van der Waals surface area contributed by atoms with Gasteiger partial charge in [-0.25, -0.2) is 9.59 Å². The fourth-order valence-electron chi connectivity index (χ4n) is 0.697. The number of cyclic esters (lactones) is 1. The van der Waals surface area contributed by atoms with E-state index in [2.05, 4.69) is 4.74 Å². The SMILES string of the molecule is O=C1OC(C(=O)O)C=C1CCl. The van der Waals surface area contributed by atoms with Crippen LogP contribution in [0.2, 0.25) is 0 Å². The highest BCUT2D eigenvalue weighted by atomic mass is 35.5. The average Bonchev–Trinajstić information content (AvgIpc) is 2.31. The molecule has 4 nitrogen and oxygen atoms in total. The molecule has 0 saturated carbocycles. The molecule has 0 aromatic rings. The van der Waals surface area contributed by atoms with E-state index in [0.29, 0.717) is 0 Å². The summed E-state index contributed by atoms with van der Waals surface area (Å²) in [5.41, 5.74) is 0.207. The number of ether oxygens (including phenoxy) is 1. The van der Waals surface area contributed by atoms with Crippen LogP contribution in [-0.2, 0) is 14.3 Å². The molecule has 1 heterocycles. The molecule has 1 atom stereocenters. The normalized spacial score (nSPS) is 22.8. The van der Waals surface area contributed by atoms with Crippen molar-refractivity contribution in [2.24, 2.45) is 0 Å². The zero-order chi connectivity index (χ0) is 8.43. The van der Waals surface area contributed by atoms with E-state index in [0.717, 1.165) is 0 Å². The summed E-state index contributed by atoms with van der Waals surface area (Å²) >= 11 is 5.31. The fraction of sp³-hybridized carbons (Fsp3) is 0.333. The fourth-order valence-corrected chi connectivity index (χ4v) is 0.895. The van der Waals surface area contributed by atoms with Gasteiger partial charge in [-0.3, -0.25) is 0 Å². The molecule has 1 N–H and O–H groups in total. The summed E-state index contributed by atoms with van der Waals surface area (Å²) in [6.07, 6.45) is 0.0498. The Hall–Kier alpha value is -1.03. The standard InChI is InChI=1S/C6H5ClO4/c7-2-3-1-4(5(8)9)11-6(3)10/h1,4H,2H2,(H,8,9). The summed E-state index contributed by atoms with van der Waals surface area (Å²) in [5.74, 6) is -1.84. The number of carbonyl (C=O) groups excluding carboxylic acids is 1. The van der Waals surface area contributed by atoms with E-state index in [1.54, 1.807) is 0 Å². The van der Waals surface area contributed by atoms with Crippen molar-refractivity contribution in [3.8, 4) is 0 Å². The van der Waals surface area contributed by atoms with Crippen LogP contribution in [-0.4, -0.2) is 29.0 Å². The molecule has 1 unspecified atom stereocenters. The van der Waals surface area contributed by atoms with Crippen LogP contribution in [0.15, 0.2) is 11.6 Å². The lowest BCUT2D eigenvalue weighted by atomic mass is 10.2. The Morgan fingerprint density at radius 1 is 1.82 bits per heavy atom. The monoisotopic (exact) mass is 176 g/mol. The number of esters is 1. The van der Waals surface area contributed by atoms with Crippen LogP contribution in [0.3, 0.4) is 0 Å². The Balaban J connectivity index is 2.74. The topological polar surface area (TPSA) is 63.6 Å². The Morgan fingerprint density at radius 2 is 2.45 bits per heavy atom. The molecule has 0 aromatic heterocycles. The van der Waals surface area contributed by atoms with Gasteiger partial charge in [0.1, 0.15) is 0 Å². The number of halogens is 1. The first kappa shape index (κ1) is 8.07. The van der Waals surface area contributed by atoms with Crippen LogP contribution in [0, 0.1) is 0 Å². The van der Waals surface area contributed by atoms with Crippen LogP contribution >= 0.6 is 11.6 Å². The predicted octanol–water partition coefficient (Wildman–Crippen LogP) is 0.162. The molecule has 0 aliphatic carbocycles. The average molecular weight is 177 g/mol. The summed E-state index contributed by atoms with van der Waals surface area (Å²) < 4.78 is 4.41. The van der Waals surface area contributed by atoms with Crippen LogP contribution in [0.4, 0.5) is 0 Å². The summed E-state index contributed by atoms with van der Waals surface area (Å²) in [7, 11) is 0. The highest BCUT2D eigenvalue weighted by molar-refractivity contribution is 6.22. The number of alkyl halides is 1. The first-order valence-electron chi connectivity index (χ1n) is 2.85. The highest BCUT2D eigenvalue weighted by Gasteiger charge is 2.29. The summed E-state index contributed by atoms with van der Waals surface area (Å²) in [6.45, 7) is 0. The molecule has 0 spiro atoms. The molecule has 1 rings (SSSR count). The lowest BCUT2D eigenvalue weighted by molar-refractivity contribution is -0.155. The molecule has 0 aromatic carbocycles. The third-order valence-corrected chi connectivity index (χ3v) is 1.52. The van der Waals surface area contributed by atoms with Gasteiger partial charge in [-0.1, -0.05) is 0 Å². The molecule has 1 aliphatic heterocycles. The Kier molecular flexibility index (Phi) is 2.14. The van der Waals surface area contributed by atoms with E-state index in [1.165, 1.54) is 6.08 Å². The van der Waals surface area contributed by atoms with Crippen molar-refractivity contribution >= 4 is 23.5 Å². The van der Waals surface area contributed by atoms with Crippen molar-refractivity contribution in [1.82, 2.24) is 0 Å². The Morgan fingerprint density at radius 3 is 2.73 bits per heavy atom. The van der Waals surface area contributed by atoms with Crippen molar-refractivity contribution < 1.29 is 19.4 Å². The summed E-state index contributed by atoms with van der Waals surface area (Å²) in [6, 6.07) is 0. The van der Waals surface area contributed by atoms with Crippen LogP contribution in [0.1, 0.15) is 0 Å². The zero-order valence-electron chi connectivity index (χ0n) is 5.41. The number of aliphatic carboxylic acids is 1. The number of rotatable bonds is 2. The number of carbonyl (C=O) groups is 2. The van der Waals surface area contributed by atoms with Gasteiger partial charge in [0.2, 0.25) is 6.10 Å². The largest absolute Gasteiger partial charge is 0.478 e. The van der Waals surface area contributed by atoms with Crippen LogP contribution in [0.25, 0.3) is 0 Å². The smallest absolute Gasteiger partial charge is 0.349 e. The third-order valence-electron chi connectivity index (χ3n) is 1.24. The van der Waals surface area contributed by atoms with Gasteiger partial charge in [-0.05, 0) is 6.08 Å². The minimum atomic E-state index is -1.18. The van der Waals surface area contributed by atoms with E-state index in [9.17, 15) is 9.59 Å². The van der Waals surface area contributed by atoms with Crippen molar-refractivity contribution in [1.29, 1.82) is 0 Å². The first-order valence-corrected chi connectivity index (χ1v) is 3.39. The molecule has 5 heteroatoms. The molecule has 0 bridgehead atoms. The minimum absolute atomic E-state index is 0.0113. The van der Waals surface area contributed by atoms with E-state index in [1.807, 2.05) is 0 Å². The van der Waals surface area contributed by atoms with Crippen LogP contribution < -0.4 is 0 Å². The quantitative estimate of drug-likeness (QED) is 0.481. The molecule has 0 fully saturated rings. The highest BCUT2D eigenvalue weighted by Crippen LogP contribution is 2.14. The van der Waals surface area contributed by atoms with Gasteiger partial charge < -0.3 is 9.84 Å². The maximum absolute atomic E-state index is 10.7. The van der Waals surface area contributed by atoms with Gasteiger partial charge in [0.15, 0.2) is 0 Å². The van der Waals surface area contributed by atoms with Crippen molar-refractivity contribution in [3.63, 3.8) is 0 Å². The molecule has 11 heavy (non-hydrogen) atoms. The van der Waals surface area contributed by atoms with Gasteiger partial charge in [0, 0.05) is 0 Å². The van der Waals surface area contributed by atoms with Crippen molar-refractivity contribution in [2.45, 2.75) is 6.10 Å². The van der Waals surface area contributed by atoms with Gasteiger partial charge in [0.25, 0.3) is 0 Å². The van der Waals surface area contributed by atoms with Crippen molar-refractivity contribution in [2.75, 3.05) is 5.88 Å². The number of carboxylic acids is 1. The number of hydrogen-bond acceptors (Lipinski definition) is 3. The van der Waals surface area contributed by atoms with E-state index < -0.39 is 18.0 Å². The van der Waals surface area contributed by atoms with Gasteiger partial charge in [-0.15, -0.1) is 11.6 Å². The maximum Gasteiger partial charge on any atom is 0.349 e. The summed E-state index contributed by atoms with van der Waals surface area (Å²) in [5, 5.41) is 8.38. The van der Waals surface area contributed by atoms with Crippen LogP contribution in [0.5, 0.6) is 0 Å². The maximum atomic E-state index is 10.7. The zero-order valence-corrected chi connectivity index (χ0v) is 6.17. The van der Waals surface area contributed by atoms with E-state index >= 15 is 0 Å². The molecular weight excluding hydrogens is 172 g/mol. The van der Waals surface area contributed by atoms with Crippen molar-refractivity contribution in [3.05, 3.63) is 11.6 Å². The van der Waals surface area contributed by atoms with Gasteiger partial charge in [0.05, 0.1) is 11.5 Å². The second-order valence-electron chi connectivity index (χ2n) is 1.99. The molecule has 0 saturated heterocycles. The second-order valence-corrected chi connectivity index (χ2v) is 2.26. The van der Waals surface area contributed by atoms with E-state index in [4.69, 9.17) is 16.7 Å². The predicted molar refractivity (Wildman–Crippen MR) is 36.3 cm³/mol. The molecule has 0 radical (unpaired) electrons. The molecule has 60 valence electrons. The molecular formula is C6H5ClO4. The van der Waals surface area contributed by atoms with Gasteiger partial charge >= 0.3 is 11.9 Å². The van der Waals surface area contributed by atoms with Gasteiger partial charge in [-0.2, -0.15) is 0 Å². The minimum Gasteiger partial charge on any atom is -0.478 e. The summed E-state index contributed by atoms with van der Waals surface area (Å²) in [4.78, 5) is 20.9. The Labute approximate surface area is 67.4 Å².